The van der Waals surface area contributed by atoms with Crippen molar-refractivity contribution >= 4 is 23.7 Å². The van der Waals surface area contributed by atoms with Crippen LogP contribution >= 0.6 is 0 Å². The Labute approximate surface area is 201 Å². The van der Waals surface area contributed by atoms with Gasteiger partial charge in [-0.2, -0.15) is 5.26 Å². The minimum absolute atomic E-state index is 0.0407. The molecule has 3 aliphatic heterocycles. The van der Waals surface area contributed by atoms with Crippen molar-refractivity contribution in [3.63, 3.8) is 0 Å². The summed E-state index contributed by atoms with van der Waals surface area (Å²) in [5, 5.41) is 16.7. The summed E-state index contributed by atoms with van der Waals surface area (Å²) in [7, 11) is 0. The maximum absolute atomic E-state index is 9.35. The van der Waals surface area contributed by atoms with Gasteiger partial charge in [-0.05, 0) is 60.0 Å². The van der Waals surface area contributed by atoms with Crippen molar-refractivity contribution in [2.24, 2.45) is 5.73 Å². The summed E-state index contributed by atoms with van der Waals surface area (Å²) >= 11 is 0. The van der Waals surface area contributed by atoms with Gasteiger partial charge in [-0.15, -0.1) is 0 Å². The first kappa shape index (κ1) is 22.6. The topological polar surface area (TPSA) is 92.6 Å². The molecule has 2 fully saturated rings. The number of ether oxygens (including phenoxy) is 1. The van der Waals surface area contributed by atoms with Crippen LogP contribution in [-0.2, 0) is 11.3 Å². The van der Waals surface area contributed by atoms with E-state index in [1.54, 1.807) is 6.08 Å². The molecule has 3 heterocycles. The molecule has 3 aliphatic rings. The van der Waals surface area contributed by atoms with Gasteiger partial charge in [0.05, 0.1) is 30.9 Å². The Morgan fingerprint density at radius 1 is 1.15 bits per heavy atom. The average molecular weight is 457 g/mol. The highest BCUT2D eigenvalue weighted by Crippen LogP contribution is 2.41. The van der Waals surface area contributed by atoms with Crippen LogP contribution in [0.5, 0.6) is 0 Å². The maximum atomic E-state index is 9.35. The summed E-state index contributed by atoms with van der Waals surface area (Å²) in [6, 6.07) is 15.7. The first-order chi connectivity index (χ1) is 16.6. The van der Waals surface area contributed by atoms with Gasteiger partial charge in [-0.25, -0.2) is 0 Å². The van der Waals surface area contributed by atoms with Crippen LogP contribution in [0.15, 0.2) is 42.5 Å². The predicted molar refractivity (Wildman–Crippen MR) is 136 cm³/mol. The smallest absolute Gasteiger partial charge is 0.0991 e. The van der Waals surface area contributed by atoms with E-state index in [-0.39, 0.29) is 6.04 Å². The lowest BCUT2D eigenvalue weighted by molar-refractivity contribution is 0.134. The molecule has 5 rings (SSSR count). The molecule has 0 aromatic heterocycles. The summed E-state index contributed by atoms with van der Waals surface area (Å²) in [5.41, 5.74) is 13.0. The molecular formula is C27H32N6O. The fourth-order valence-electron chi connectivity index (χ4n) is 5.57. The van der Waals surface area contributed by atoms with Gasteiger partial charge in [-0.1, -0.05) is 12.1 Å². The second kappa shape index (κ2) is 9.59. The van der Waals surface area contributed by atoms with Crippen LogP contribution in [-0.4, -0.2) is 62.6 Å². The summed E-state index contributed by atoms with van der Waals surface area (Å²) in [6.07, 6.45) is 4.91. The van der Waals surface area contributed by atoms with Crippen molar-refractivity contribution < 1.29 is 4.74 Å². The third-order valence-electron chi connectivity index (χ3n) is 7.21. The maximum Gasteiger partial charge on any atom is 0.0991 e. The molecule has 176 valence electrons. The second-order valence-corrected chi connectivity index (χ2v) is 9.52. The Hall–Kier alpha value is -3.18. The number of anilines is 2. The van der Waals surface area contributed by atoms with E-state index in [9.17, 15) is 5.26 Å². The molecule has 0 aliphatic carbocycles. The molecule has 0 unspecified atom stereocenters. The van der Waals surface area contributed by atoms with Gasteiger partial charge in [0.1, 0.15) is 0 Å². The molecule has 0 amide bonds. The fraction of sp³-hybridized carbons (Fsp3) is 0.407. The Balaban J connectivity index is 1.42. The molecule has 0 bridgehead atoms. The van der Waals surface area contributed by atoms with Crippen LogP contribution in [0.4, 0.5) is 11.4 Å². The van der Waals surface area contributed by atoms with Gasteiger partial charge in [0.15, 0.2) is 0 Å². The predicted octanol–water partition coefficient (Wildman–Crippen LogP) is 3.15. The molecule has 3 N–H and O–H groups in total. The average Bonchev–Trinajstić information content (AvgIpc) is 3.08. The van der Waals surface area contributed by atoms with E-state index in [4.69, 9.17) is 15.9 Å². The van der Waals surface area contributed by atoms with Gasteiger partial charge < -0.3 is 25.7 Å². The van der Waals surface area contributed by atoms with Crippen LogP contribution < -0.4 is 15.5 Å². The zero-order valence-corrected chi connectivity index (χ0v) is 19.7. The Morgan fingerprint density at radius 3 is 2.85 bits per heavy atom. The summed E-state index contributed by atoms with van der Waals surface area (Å²) < 4.78 is 5.63. The Morgan fingerprint density at radius 2 is 2.03 bits per heavy atom. The van der Waals surface area contributed by atoms with Gasteiger partial charge in [0, 0.05) is 62.4 Å². The molecule has 3 atom stereocenters. The molecule has 0 spiro atoms. The van der Waals surface area contributed by atoms with Crippen LogP contribution in [0.1, 0.15) is 35.2 Å². The normalized spacial score (nSPS) is 25.0. The first-order valence-electron chi connectivity index (χ1n) is 12.0. The fourth-order valence-corrected chi connectivity index (χ4v) is 5.57. The van der Waals surface area contributed by atoms with Crippen molar-refractivity contribution in [2.75, 3.05) is 49.2 Å². The third-order valence-corrected chi connectivity index (χ3v) is 7.21. The van der Waals surface area contributed by atoms with E-state index in [1.165, 1.54) is 23.0 Å². The second-order valence-electron chi connectivity index (χ2n) is 9.52. The van der Waals surface area contributed by atoms with E-state index in [1.807, 2.05) is 24.3 Å². The number of nitrogens with zero attached hydrogens (tertiary/aromatic N) is 4. The van der Waals surface area contributed by atoms with E-state index in [0.717, 1.165) is 44.0 Å². The number of allylic oxidation sites excluding steroid dienone is 1. The van der Waals surface area contributed by atoms with Crippen LogP contribution in [0, 0.1) is 16.7 Å². The highest BCUT2D eigenvalue weighted by Gasteiger charge is 2.39. The molecule has 34 heavy (non-hydrogen) atoms. The number of hydrogen-bond donors (Lipinski definition) is 2. The van der Waals surface area contributed by atoms with Crippen molar-refractivity contribution in [3.8, 4) is 6.07 Å². The summed E-state index contributed by atoms with van der Waals surface area (Å²) in [6.45, 7) is 8.11. The zero-order chi connectivity index (χ0) is 23.7. The lowest BCUT2D eigenvalue weighted by Crippen LogP contribution is -2.51. The van der Waals surface area contributed by atoms with Gasteiger partial charge >= 0.3 is 0 Å². The van der Waals surface area contributed by atoms with Crippen molar-refractivity contribution in [1.29, 1.82) is 10.7 Å². The minimum atomic E-state index is 0.0407. The molecule has 2 saturated heterocycles. The molecule has 7 nitrogen and oxygen atoms in total. The standard InChI is InChI=1S/C27H32N6O/c1-19-14-32(26-7-4-20(13-29)11-21(26)3-2-8-28)17-27-25-6-5-24(12-22(25)15-33(19)27)31-9-10-34-18-23(30)16-31/h2-8,11-12,19,23,27-28H,9-10,14-18,30H2,1H3/b3-2-,28-8?/t19-,23+,27-/m1/s1. The summed E-state index contributed by atoms with van der Waals surface area (Å²) in [4.78, 5) is 7.40. The SMILES string of the molecule is C[C@@H]1CN(c2ccc(C#N)cc2/C=C\C=N)C[C@@H]2c3ccc(N4CCOC[C@@H](N)C4)cc3CN12. The quantitative estimate of drug-likeness (QED) is 0.687. The van der Waals surface area contributed by atoms with E-state index in [2.05, 4.69) is 45.9 Å². The van der Waals surface area contributed by atoms with E-state index in [0.29, 0.717) is 30.9 Å². The largest absolute Gasteiger partial charge is 0.378 e. The number of hydrogen-bond acceptors (Lipinski definition) is 7. The van der Waals surface area contributed by atoms with Crippen LogP contribution in [0.2, 0.25) is 0 Å². The third kappa shape index (κ3) is 4.32. The highest BCUT2D eigenvalue weighted by molar-refractivity contribution is 5.80. The van der Waals surface area contributed by atoms with Crippen molar-refractivity contribution in [3.05, 3.63) is 64.7 Å². The van der Waals surface area contributed by atoms with Crippen LogP contribution in [0.3, 0.4) is 0 Å². The molecular weight excluding hydrogens is 424 g/mol. The van der Waals surface area contributed by atoms with E-state index >= 15 is 0 Å². The number of nitriles is 1. The van der Waals surface area contributed by atoms with Gasteiger partial charge in [0.25, 0.3) is 0 Å². The Bertz CT molecular complexity index is 1140. The molecule has 2 aromatic rings. The molecule has 7 heteroatoms. The number of nitrogens with one attached hydrogen (secondary N) is 1. The molecule has 2 aromatic carbocycles. The number of piperazine rings is 1. The number of benzene rings is 2. The van der Waals surface area contributed by atoms with Gasteiger partial charge in [-0.3, -0.25) is 4.90 Å². The highest BCUT2D eigenvalue weighted by atomic mass is 16.5. The van der Waals surface area contributed by atoms with Crippen molar-refractivity contribution in [2.45, 2.75) is 31.6 Å². The number of nitrogens with two attached hydrogens (primary N) is 1. The molecule has 0 radical (unpaired) electrons. The first-order valence-corrected chi connectivity index (χ1v) is 12.0. The monoisotopic (exact) mass is 456 g/mol. The Kier molecular flexibility index (Phi) is 6.38. The molecule has 0 saturated carbocycles. The number of rotatable bonds is 4. The van der Waals surface area contributed by atoms with Gasteiger partial charge in [0.2, 0.25) is 0 Å². The lowest BCUT2D eigenvalue weighted by atomic mass is 9.99. The number of fused-ring (bicyclic) bond motifs is 3. The van der Waals surface area contributed by atoms with E-state index < -0.39 is 0 Å². The lowest BCUT2D eigenvalue weighted by Gasteiger charge is -2.44. The van der Waals surface area contributed by atoms with Crippen LogP contribution in [0.25, 0.3) is 6.08 Å². The minimum Gasteiger partial charge on any atom is -0.378 e. The van der Waals surface area contributed by atoms with Crippen molar-refractivity contribution in [1.82, 2.24) is 4.90 Å². The zero-order valence-electron chi connectivity index (χ0n) is 19.7. The summed E-state index contributed by atoms with van der Waals surface area (Å²) in [5.74, 6) is 0.